The van der Waals surface area contributed by atoms with Crippen LogP contribution in [0.2, 0.25) is 0 Å². The first-order chi connectivity index (χ1) is 12.1. The van der Waals surface area contributed by atoms with Crippen molar-refractivity contribution >= 4 is 11.9 Å². The summed E-state index contributed by atoms with van der Waals surface area (Å²) in [7, 11) is 1.82. The van der Waals surface area contributed by atoms with Crippen molar-refractivity contribution < 1.29 is 14.3 Å². The molecule has 2 fully saturated rings. The third-order valence-corrected chi connectivity index (χ3v) is 6.23. The number of H-pyrrole nitrogens is 1. The van der Waals surface area contributed by atoms with Crippen LogP contribution in [0.5, 0.6) is 0 Å². The second kappa shape index (κ2) is 6.46. The van der Waals surface area contributed by atoms with Gasteiger partial charge in [-0.1, -0.05) is 6.42 Å². The molecule has 1 spiro atoms. The number of hydrogen-bond acceptors (Lipinski definition) is 4. The number of esters is 1. The number of aromatic nitrogens is 2. The molecule has 2 heterocycles. The predicted molar refractivity (Wildman–Crippen MR) is 91.7 cm³/mol. The van der Waals surface area contributed by atoms with Gasteiger partial charge in [-0.3, -0.25) is 14.7 Å². The minimum atomic E-state index is -0.537. The minimum Gasteiger partial charge on any atom is -0.458 e. The van der Waals surface area contributed by atoms with Crippen LogP contribution in [0.3, 0.4) is 0 Å². The average molecular weight is 345 g/mol. The molecular weight excluding hydrogens is 318 g/mol. The quantitative estimate of drug-likeness (QED) is 0.675. The largest absolute Gasteiger partial charge is 0.458 e. The summed E-state index contributed by atoms with van der Waals surface area (Å²) in [6.07, 6.45) is 9.66. The van der Waals surface area contributed by atoms with Crippen molar-refractivity contribution in [1.82, 2.24) is 15.1 Å². The van der Waals surface area contributed by atoms with Crippen LogP contribution in [0.4, 0.5) is 0 Å². The number of carbonyl (C=O) groups excluding carboxylic acids is 2. The summed E-state index contributed by atoms with van der Waals surface area (Å²) in [5, 5.41) is 7.64. The number of carbonyl (C=O) groups is 2. The first-order valence-electron chi connectivity index (χ1n) is 9.61. The van der Waals surface area contributed by atoms with E-state index in [2.05, 4.69) is 10.2 Å². The fourth-order valence-electron chi connectivity index (χ4n) is 4.85. The van der Waals surface area contributed by atoms with Gasteiger partial charge in [0, 0.05) is 12.7 Å². The second-order valence-corrected chi connectivity index (χ2v) is 7.89. The molecule has 0 bridgehead atoms. The molecule has 1 aromatic rings. The minimum absolute atomic E-state index is 0.0260. The standard InChI is InChI=1S/C19H27N3O3/c1-22(12-16-13-7-3-2-4-8-15(13)20-21-16)18(24)14-11-17(23)25-19(14)9-5-6-10-19/h14H,2-12H2,1H3,(H,20,21). The van der Waals surface area contributed by atoms with Crippen LogP contribution in [0, 0.1) is 5.92 Å². The van der Waals surface area contributed by atoms with Gasteiger partial charge in [0.1, 0.15) is 5.60 Å². The first kappa shape index (κ1) is 16.6. The molecule has 2 aliphatic carbocycles. The van der Waals surface area contributed by atoms with Crippen molar-refractivity contribution in [3.63, 3.8) is 0 Å². The monoisotopic (exact) mass is 345 g/mol. The van der Waals surface area contributed by atoms with Crippen molar-refractivity contribution in [2.75, 3.05) is 7.05 Å². The lowest BCUT2D eigenvalue weighted by Crippen LogP contribution is -2.43. The van der Waals surface area contributed by atoms with Crippen LogP contribution >= 0.6 is 0 Å². The zero-order valence-electron chi connectivity index (χ0n) is 15.0. The third kappa shape index (κ3) is 2.96. The Bertz CT molecular complexity index is 675. The summed E-state index contributed by atoms with van der Waals surface area (Å²) >= 11 is 0. The zero-order chi connectivity index (χ0) is 17.4. The Morgan fingerprint density at radius 2 is 2.00 bits per heavy atom. The van der Waals surface area contributed by atoms with E-state index in [0.29, 0.717) is 6.54 Å². The molecule has 1 saturated heterocycles. The molecule has 136 valence electrons. The molecule has 25 heavy (non-hydrogen) atoms. The molecular formula is C19H27N3O3. The van der Waals surface area contributed by atoms with Gasteiger partial charge in [-0.2, -0.15) is 5.10 Å². The van der Waals surface area contributed by atoms with Crippen molar-refractivity contribution in [2.24, 2.45) is 5.92 Å². The van der Waals surface area contributed by atoms with Crippen molar-refractivity contribution in [3.05, 3.63) is 17.0 Å². The van der Waals surface area contributed by atoms with Crippen LogP contribution in [0.25, 0.3) is 0 Å². The van der Waals surface area contributed by atoms with Gasteiger partial charge in [0.05, 0.1) is 24.6 Å². The highest BCUT2D eigenvalue weighted by Crippen LogP contribution is 2.46. The maximum Gasteiger partial charge on any atom is 0.307 e. The molecule has 1 aliphatic heterocycles. The number of nitrogens with one attached hydrogen (secondary N) is 1. The Hall–Kier alpha value is -1.85. The number of aryl methyl sites for hydroxylation is 1. The lowest BCUT2D eigenvalue weighted by atomic mass is 9.84. The summed E-state index contributed by atoms with van der Waals surface area (Å²) in [5.74, 6) is -0.523. The van der Waals surface area contributed by atoms with Crippen LogP contribution in [-0.4, -0.2) is 39.6 Å². The van der Waals surface area contributed by atoms with Crippen LogP contribution in [-0.2, 0) is 33.7 Å². The third-order valence-electron chi connectivity index (χ3n) is 6.23. The molecule has 6 nitrogen and oxygen atoms in total. The van der Waals surface area contributed by atoms with Crippen LogP contribution in [0.1, 0.15) is 68.3 Å². The van der Waals surface area contributed by atoms with Crippen molar-refractivity contribution in [1.29, 1.82) is 0 Å². The molecule has 0 aromatic carbocycles. The number of hydrogen-bond donors (Lipinski definition) is 1. The van der Waals surface area contributed by atoms with E-state index in [0.717, 1.165) is 44.2 Å². The first-order valence-corrected chi connectivity index (χ1v) is 9.61. The van der Waals surface area contributed by atoms with Gasteiger partial charge in [-0.25, -0.2) is 0 Å². The van der Waals surface area contributed by atoms with Crippen LogP contribution in [0.15, 0.2) is 0 Å². The Kier molecular flexibility index (Phi) is 4.29. The predicted octanol–water partition coefficient (Wildman–Crippen LogP) is 2.51. The van der Waals surface area contributed by atoms with E-state index in [1.54, 1.807) is 4.90 Å². The van der Waals surface area contributed by atoms with E-state index in [9.17, 15) is 9.59 Å². The van der Waals surface area contributed by atoms with Crippen LogP contribution < -0.4 is 0 Å². The Morgan fingerprint density at radius 1 is 1.24 bits per heavy atom. The van der Waals surface area contributed by atoms with Gasteiger partial charge in [0.25, 0.3) is 0 Å². The van der Waals surface area contributed by atoms with E-state index < -0.39 is 5.60 Å². The number of aromatic amines is 1. The highest BCUT2D eigenvalue weighted by atomic mass is 16.6. The van der Waals surface area contributed by atoms with E-state index in [-0.39, 0.29) is 24.2 Å². The molecule has 3 aliphatic rings. The average Bonchev–Trinajstić information content (AvgIpc) is 3.24. The summed E-state index contributed by atoms with van der Waals surface area (Å²) < 4.78 is 5.63. The topological polar surface area (TPSA) is 75.3 Å². The number of fused-ring (bicyclic) bond motifs is 1. The van der Waals surface area contributed by atoms with E-state index >= 15 is 0 Å². The Morgan fingerprint density at radius 3 is 2.80 bits per heavy atom. The maximum atomic E-state index is 13.1. The number of rotatable bonds is 3. The van der Waals surface area contributed by atoms with Gasteiger partial charge >= 0.3 is 5.97 Å². The van der Waals surface area contributed by atoms with E-state index in [1.807, 2.05) is 7.05 Å². The molecule has 1 unspecified atom stereocenters. The van der Waals surface area contributed by atoms with Gasteiger partial charge in [0.2, 0.25) is 5.91 Å². The van der Waals surface area contributed by atoms with E-state index in [4.69, 9.17) is 4.74 Å². The molecule has 1 amide bonds. The number of amides is 1. The molecule has 0 radical (unpaired) electrons. The Labute approximate surface area is 148 Å². The molecule has 4 rings (SSSR count). The molecule has 6 heteroatoms. The highest BCUT2D eigenvalue weighted by Gasteiger charge is 2.54. The molecule has 1 atom stereocenters. The summed E-state index contributed by atoms with van der Waals surface area (Å²) in [4.78, 5) is 26.7. The fourth-order valence-corrected chi connectivity index (χ4v) is 4.85. The zero-order valence-corrected chi connectivity index (χ0v) is 15.0. The van der Waals surface area contributed by atoms with Gasteiger partial charge in [-0.15, -0.1) is 0 Å². The smallest absolute Gasteiger partial charge is 0.307 e. The summed E-state index contributed by atoms with van der Waals surface area (Å²) in [6.45, 7) is 0.505. The number of nitrogens with zero attached hydrogens (tertiary/aromatic N) is 2. The van der Waals surface area contributed by atoms with Crippen molar-refractivity contribution in [2.45, 2.75) is 76.4 Å². The Balaban J connectivity index is 1.49. The summed E-state index contributed by atoms with van der Waals surface area (Å²) in [6, 6.07) is 0. The highest BCUT2D eigenvalue weighted by molar-refractivity contribution is 5.87. The SMILES string of the molecule is CN(Cc1n[nH]c2c1CCCCC2)C(=O)C1CC(=O)OC12CCCC2. The van der Waals surface area contributed by atoms with Gasteiger partial charge in [0.15, 0.2) is 0 Å². The van der Waals surface area contributed by atoms with E-state index in [1.165, 1.54) is 30.5 Å². The normalized spacial score (nSPS) is 24.8. The second-order valence-electron chi connectivity index (χ2n) is 7.89. The van der Waals surface area contributed by atoms with Crippen molar-refractivity contribution in [3.8, 4) is 0 Å². The maximum absolute atomic E-state index is 13.1. The summed E-state index contributed by atoms with van der Waals surface area (Å²) in [5.41, 5.74) is 2.98. The molecule has 1 aromatic heterocycles. The van der Waals surface area contributed by atoms with Gasteiger partial charge < -0.3 is 9.64 Å². The lowest BCUT2D eigenvalue weighted by Gasteiger charge is -2.30. The van der Waals surface area contributed by atoms with Gasteiger partial charge in [-0.05, 0) is 56.9 Å². The number of ether oxygens (including phenoxy) is 1. The lowest BCUT2D eigenvalue weighted by molar-refractivity contribution is -0.151. The molecule has 1 N–H and O–H groups in total. The fraction of sp³-hybridized carbons (Fsp3) is 0.737. The molecule has 1 saturated carbocycles.